The van der Waals surface area contributed by atoms with Gasteiger partial charge in [-0.25, -0.2) is 4.68 Å². The normalized spacial score (nSPS) is 14.9. The lowest BCUT2D eigenvalue weighted by Gasteiger charge is -2.18. The van der Waals surface area contributed by atoms with Crippen molar-refractivity contribution in [2.45, 2.75) is 25.8 Å². The molecule has 5 heteroatoms. The Balaban J connectivity index is 1.57. The molecule has 0 aliphatic heterocycles. The van der Waals surface area contributed by atoms with Crippen LogP contribution in [-0.2, 0) is 0 Å². The van der Waals surface area contributed by atoms with E-state index in [2.05, 4.69) is 21.5 Å². The summed E-state index contributed by atoms with van der Waals surface area (Å²) in [4.78, 5) is 17.3. The first-order valence-corrected chi connectivity index (χ1v) is 8.54. The molecule has 1 saturated carbocycles. The Hall–Kier alpha value is -2.95. The Morgan fingerprint density at radius 1 is 1.20 bits per heavy atom. The van der Waals surface area contributed by atoms with Crippen LogP contribution in [0.25, 0.3) is 5.69 Å². The number of nitrogens with zero attached hydrogens (tertiary/aromatic N) is 3. The molecular weight excluding hydrogens is 312 g/mol. The SMILES string of the molecule is Cc1ccnc([C@@H](NC(=O)c2cccc(-n3cccn3)c2)C2CC2)c1. The van der Waals surface area contributed by atoms with Crippen LogP contribution in [0.15, 0.2) is 61.1 Å². The maximum Gasteiger partial charge on any atom is 0.251 e. The number of pyridine rings is 1. The second-order valence-electron chi connectivity index (χ2n) is 6.55. The van der Waals surface area contributed by atoms with Gasteiger partial charge in [0, 0.05) is 24.2 Å². The third-order valence-corrected chi connectivity index (χ3v) is 4.51. The molecule has 3 aromatic rings. The largest absolute Gasteiger partial charge is 0.343 e. The predicted octanol–water partition coefficient (Wildman–Crippen LogP) is 3.46. The standard InChI is InChI=1S/C20H20N4O/c1-14-8-10-21-18(12-14)19(15-6-7-15)23-20(25)16-4-2-5-17(13-16)24-11-3-9-22-24/h2-5,8-13,15,19H,6-7H2,1H3,(H,23,25)/t19-/m0/s1. The van der Waals surface area contributed by atoms with Crippen LogP contribution in [0.5, 0.6) is 0 Å². The first kappa shape index (κ1) is 15.6. The van der Waals surface area contributed by atoms with Crippen molar-refractivity contribution in [3.8, 4) is 5.69 Å². The first-order valence-electron chi connectivity index (χ1n) is 8.54. The van der Waals surface area contributed by atoms with E-state index < -0.39 is 0 Å². The van der Waals surface area contributed by atoms with Gasteiger partial charge in [-0.15, -0.1) is 0 Å². The minimum atomic E-state index is -0.0748. The zero-order valence-electron chi connectivity index (χ0n) is 14.1. The monoisotopic (exact) mass is 332 g/mol. The van der Waals surface area contributed by atoms with Crippen LogP contribution < -0.4 is 5.32 Å². The summed E-state index contributed by atoms with van der Waals surface area (Å²) in [5.74, 6) is 0.404. The van der Waals surface area contributed by atoms with Gasteiger partial charge in [-0.3, -0.25) is 9.78 Å². The summed E-state index contributed by atoms with van der Waals surface area (Å²) in [5.41, 5.74) is 3.60. The van der Waals surface area contributed by atoms with E-state index >= 15 is 0 Å². The predicted molar refractivity (Wildman–Crippen MR) is 95.5 cm³/mol. The lowest BCUT2D eigenvalue weighted by molar-refractivity contribution is 0.0930. The molecule has 0 unspecified atom stereocenters. The van der Waals surface area contributed by atoms with E-state index in [4.69, 9.17) is 0 Å². The second-order valence-corrected chi connectivity index (χ2v) is 6.55. The molecule has 2 aromatic heterocycles. The third kappa shape index (κ3) is 3.45. The highest BCUT2D eigenvalue weighted by molar-refractivity contribution is 5.95. The van der Waals surface area contributed by atoms with Gasteiger partial charge < -0.3 is 5.32 Å². The molecule has 1 fully saturated rings. The number of carbonyl (C=O) groups is 1. The van der Waals surface area contributed by atoms with Crippen molar-refractivity contribution < 1.29 is 4.79 Å². The highest BCUT2D eigenvalue weighted by Crippen LogP contribution is 2.40. The van der Waals surface area contributed by atoms with Gasteiger partial charge in [-0.2, -0.15) is 5.10 Å². The molecule has 1 aliphatic rings. The summed E-state index contributed by atoms with van der Waals surface area (Å²) in [7, 11) is 0. The van der Waals surface area contributed by atoms with Crippen molar-refractivity contribution in [3.63, 3.8) is 0 Å². The highest BCUT2D eigenvalue weighted by atomic mass is 16.1. The van der Waals surface area contributed by atoms with E-state index in [9.17, 15) is 4.79 Å². The molecule has 2 heterocycles. The highest BCUT2D eigenvalue weighted by Gasteiger charge is 2.34. The average molecular weight is 332 g/mol. The van der Waals surface area contributed by atoms with Crippen LogP contribution in [0, 0.1) is 12.8 Å². The molecule has 1 aliphatic carbocycles. The molecular formula is C20H20N4O. The molecule has 1 N–H and O–H groups in total. The number of nitrogens with one attached hydrogen (secondary N) is 1. The number of aryl methyl sites for hydroxylation is 1. The first-order chi connectivity index (χ1) is 12.2. The van der Waals surface area contributed by atoms with Gasteiger partial charge >= 0.3 is 0 Å². The summed E-state index contributed by atoms with van der Waals surface area (Å²) in [6.45, 7) is 2.05. The van der Waals surface area contributed by atoms with Gasteiger partial charge in [0.05, 0.1) is 17.4 Å². The van der Waals surface area contributed by atoms with Crippen molar-refractivity contribution in [2.75, 3.05) is 0 Å². The molecule has 126 valence electrons. The molecule has 5 nitrogen and oxygen atoms in total. The topological polar surface area (TPSA) is 59.8 Å². The Bertz CT molecular complexity index is 884. The summed E-state index contributed by atoms with van der Waals surface area (Å²) < 4.78 is 1.75. The Morgan fingerprint density at radius 3 is 2.80 bits per heavy atom. The molecule has 0 radical (unpaired) electrons. The number of rotatable bonds is 5. The molecule has 1 aromatic carbocycles. The van der Waals surface area contributed by atoms with Gasteiger partial charge in [0.1, 0.15) is 0 Å². The molecule has 0 bridgehead atoms. The van der Waals surface area contributed by atoms with Crippen LogP contribution in [0.4, 0.5) is 0 Å². The van der Waals surface area contributed by atoms with E-state index in [1.807, 2.05) is 55.7 Å². The number of amides is 1. The van der Waals surface area contributed by atoms with Crippen molar-refractivity contribution in [1.82, 2.24) is 20.1 Å². The minimum absolute atomic E-state index is 0.0271. The fourth-order valence-corrected chi connectivity index (χ4v) is 3.03. The van der Waals surface area contributed by atoms with Gasteiger partial charge in [-0.05, 0) is 67.6 Å². The van der Waals surface area contributed by atoms with E-state index in [-0.39, 0.29) is 11.9 Å². The third-order valence-electron chi connectivity index (χ3n) is 4.51. The van der Waals surface area contributed by atoms with Crippen molar-refractivity contribution in [3.05, 3.63) is 77.9 Å². The summed E-state index contributed by atoms with van der Waals surface area (Å²) in [6.07, 6.45) is 7.66. The summed E-state index contributed by atoms with van der Waals surface area (Å²) >= 11 is 0. The second kappa shape index (κ2) is 6.51. The number of benzene rings is 1. The van der Waals surface area contributed by atoms with Crippen LogP contribution in [-0.4, -0.2) is 20.7 Å². The zero-order chi connectivity index (χ0) is 17.2. The van der Waals surface area contributed by atoms with Crippen LogP contribution in [0.1, 0.15) is 40.5 Å². The molecule has 1 atom stereocenters. The number of hydrogen-bond acceptors (Lipinski definition) is 3. The Morgan fingerprint density at radius 2 is 2.08 bits per heavy atom. The average Bonchev–Trinajstić information content (AvgIpc) is 3.32. The number of aromatic nitrogens is 3. The lowest BCUT2D eigenvalue weighted by atomic mass is 10.1. The lowest BCUT2D eigenvalue weighted by Crippen LogP contribution is -2.30. The van der Waals surface area contributed by atoms with Gasteiger partial charge in [-0.1, -0.05) is 6.07 Å². The maximum absolute atomic E-state index is 12.8. The molecule has 25 heavy (non-hydrogen) atoms. The van der Waals surface area contributed by atoms with Gasteiger partial charge in [0.25, 0.3) is 5.91 Å². The van der Waals surface area contributed by atoms with Crippen molar-refractivity contribution >= 4 is 5.91 Å². The van der Waals surface area contributed by atoms with Crippen molar-refractivity contribution in [2.24, 2.45) is 5.92 Å². The Kier molecular flexibility index (Phi) is 4.06. The quantitative estimate of drug-likeness (QED) is 0.778. The van der Waals surface area contributed by atoms with Gasteiger partial charge in [0.15, 0.2) is 0 Å². The fourth-order valence-electron chi connectivity index (χ4n) is 3.03. The molecule has 0 spiro atoms. The van der Waals surface area contributed by atoms with E-state index in [0.717, 1.165) is 29.8 Å². The molecule has 1 amide bonds. The van der Waals surface area contributed by atoms with E-state index in [0.29, 0.717) is 11.5 Å². The number of carbonyl (C=O) groups excluding carboxylic acids is 1. The zero-order valence-corrected chi connectivity index (χ0v) is 14.1. The maximum atomic E-state index is 12.8. The van der Waals surface area contributed by atoms with E-state index in [1.165, 1.54) is 0 Å². The van der Waals surface area contributed by atoms with E-state index in [1.54, 1.807) is 10.9 Å². The summed E-state index contributed by atoms with van der Waals surface area (Å²) in [6, 6.07) is 13.4. The van der Waals surface area contributed by atoms with Crippen LogP contribution in [0.2, 0.25) is 0 Å². The number of hydrogen-bond donors (Lipinski definition) is 1. The summed E-state index contributed by atoms with van der Waals surface area (Å²) in [5, 5.41) is 7.40. The van der Waals surface area contributed by atoms with Crippen LogP contribution >= 0.6 is 0 Å². The Labute approximate surface area is 146 Å². The molecule has 0 saturated heterocycles. The fraction of sp³-hybridized carbons (Fsp3) is 0.250. The van der Waals surface area contributed by atoms with Crippen LogP contribution in [0.3, 0.4) is 0 Å². The minimum Gasteiger partial charge on any atom is -0.343 e. The smallest absolute Gasteiger partial charge is 0.251 e. The van der Waals surface area contributed by atoms with Gasteiger partial charge in [0.2, 0.25) is 0 Å². The molecule has 4 rings (SSSR count). The van der Waals surface area contributed by atoms with Crippen molar-refractivity contribution in [1.29, 1.82) is 0 Å².